The number of thiophene rings is 1. The second-order valence-electron chi connectivity index (χ2n) is 4.60. The summed E-state index contributed by atoms with van der Waals surface area (Å²) in [4.78, 5) is 13.7. The molecule has 1 N–H and O–H groups in total. The van der Waals surface area contributed by atoms with E-state index in [1.54, 1.807) is 6.07 Å². The Morgan fingerprint density at radius 1 is 1.29 bits per heavy atom. The van der Waals surface area contributed by atoms with Gasteiger partial charge in [0.25, 0.3) is 5.91 Å². The van der Waals surface area contributed by atoms with Crippen LogP contribution < -0.4 is 5.32 Å². The van der Waals surface area contributed by atoms with Crippen molar-refractivity contribution in [1.29, 1.82) is 0 Å². The molecular weight excluding hydrogens is 299 g/mol. The van der Waals surface area contributed by atoms with E-state index in [4.69, 9.17) is 0 Å². The van der Waals surface area contributed by atoms with Crippen LogP contribution in [0.4, 0.5) is 18.9 Å². The third kappa shape index (κ3) is 3.64. The third-order valence-corrected chi connectivity index (χ3v) is 4.39. The Bertz CT molecular complexity index is 661. The molecule has 0 spiro atoms. The highest BCUT2D eigenvalue weighted by Gasteiger charge is 2.30. The van der Waals surface area contributed by atoms with E-state index in [9.17, 15) is 18.0 Å². The molecule has 0 aliphatic carbocycles. The summed E-state index contributed by atoms with van der Waals surface area (Å²) in [5, 5.41) is 2.51. The van der Waals surface area contributed by atoms with Crippen LogP contribution in [0.5, 0.6) is 0 Å². The number of benzene rings is 1. The van der Waals surface area contributed by atoms with Crippen LogP contribution in [-0.4, -0.2) is 5.91 Å². The number of hydrogen-bond acceptors (Lipinski definition) is 2. The lowest BCUT2D eigenvalue weighted by Gasteiger charge is -2.09. The zero-order chi connectivity index (χ0) is 15.6. The summed E-state index contributed by atoms with van der Waals surface area (Å²) in [6, 6.07) is 6.37. The van der Waals surface area contributed by atoms with E-state index >= 15 is 0 Å². The summed E-state index contributed by atoms with van der Waals surface area (Å²) in [5.41, 5.74) is 0.382. The van der Waals surface area contributed by atoms with Crippen LogP contribution in [-0.2, 0) is 12.6 Å². The lowest BCUT2D eigenvalue weighted by atomic mass is 10.2. The van der Waals surface area contributed by atoms with Crippen molar-refractivity contribution in [1.82, 2.24) is 0 Å². The second kappa shape index (κ2) is 5.89. The number of carbonyl (C=O) groups is 1. The van der Waals surface area contributed by atoms with Gasteiger partial charge >= 0.3 is 6.18 Å². The predicted octanol–water partition coefficient (Wildman–Crippen LogP) is 4.89. The Balaban J connectivity index is 2.19. The number of hydrogen-bond donors (Lipinski definition) is 1. The van der Waals surface area contributed by atoms with Gasteiger partial charge in [-0.2, -0.15) is 13.2 Å². The predicted molar refractivity (Wildman–Crippen MR) is 77.8 cm³/mol. The molecule has 0 saturated carbocycles. The average Bonchev–Trinajstić information content (AvgIpc) is 2.79. The van der Waals surface area contributed by atoms with Gasteiger partial charge in [-0.15, -0.1) is 11.3 Å². The molecule has 6 heteroatoms. The summed E-state index contributed by atoms with van der Waals surface area (Å²) in [5.74, 6) is -0.387. The van der Waals surface area contributed by atoms with Gasteiger partial charge in [0.15, 0.2) is 0 Å². The number of rotatable bonds is 3. The summed E-state index contributed by atoms with van der Waals surface area (Å²) in [7, 11) is 0. The van der Waals surface area contributed by atoms with E-state index in [0.717, 1.165) is 29.0 Å². The van der Waals surface area contributed by atoms with Crippen molar-refractivity contribution in [2.24, 2.45) is 0 Å². The molecule has 1 aromatic heterocycles. The van der Waals surface area contributed by atoms with Gasteiger partial charge in [-0.1, -0.05) is 13.0 Å². The van der Waals surface area contributed by atoms with Crippen LogP contribution in [0.15, 0.2) is 30.3 Å². The minimum absolute atomic E-state index is 0.138. The number of alkyl halides is 3. The first kappa shape index (κ1) is 15.6. The zero-order valence-electron chi connectivity index (χ0n) is 11.5. The quantitative estimate of drug-likeness (QED) is 0.859. The fourth-order valence-corrected chi connectivity index (χ4v) is 2.96. The van der Waals surface area contributed by atoms with Crippen molar-refractivity contribution in [3.8, 4) is 0 Å². The smallest absolute Gasteiger partial charge is 0.321 e. The van der Waals surface area contributed by atoms with Crippen LogP contribution >= 0.6 is 11.3 Å². The van der Waals surface area contributed by atoms with E-state index in [0.29, 0.717) is 4.88 Å². The minimum Gasteiger partial charge on any atom is -0.321 e. The van der Waals surface area contributed by atoms with Crippen LogP contribution in [0.25, 0.3) is 0 Å². The molecule has 0 fully saturated rings. The Hall–Kier alpha value is -1.82. The summed E-state index contributed by atoms with van der Waals surface area (Å²) in [6.45, 7) is 3.91. The van der Waals surface area contributed by atoms with Crippen LogP contribution in [0.3, 0.4) is 0 Å². The maximum atomic E-state index is 12.6. The average molecular weight is 313 g/mol. The topological polar surface area (TPSA) is 29.1 Å². The molecule has 0 aliphatic heterocycles. The van der Waals surface area contributed by atoms with Crippen LogP contribution in [0, 0.1) is 6.92 Å². The van der Waals surface area contributed by atoms with Gasteiger partial charge in [0, 0.05) is 10.6 Å². The number of carbonyl (C=O) groups excluding carboxylic acids is 1. The van der Waals surface area contributed by atoms with E-state index in [-0.39, 0.29) is 11.6 Å². The fourth-order valence-electron chi connectivity index (χ4n) is 1.95. The molecule has 112 valence electrons. The monoisotopic (exact) mass is 313 g/mol. The van der Waals surface area contributed by atoms with Crippen molar-refractivity contribution in [2.75, 3.05) is 5.32 Å². The number of aryl methyl sites for hydroxylation is 2. The molecule has 2 aromatic rings. The first-order valence-corrected chi connectivity index (χ1v) is 7.21. The summed E-state index contributed by atoms with van der Waals surface area (Å²) in [6.07, 6.45) is -3.59. The van der Waals surface area contributed by atoms with Gasteiger partial charge in [-0.25, -0.2) is 0 Å². The molecule has 21 heavy (non-hydrogen) atoms. The van der Waals surface area contributed by atoms with Crippen molar-refractivity contribution >= 4 is 22.9 Å². The summed E-state index contributed by atoms with van der Waals surface area (Å²) < 4.78 is 37.9. The summed E-state index contributed by atoms with van der Waals surface area (Å²) >= 11 is 1.36. The Morgan fingerprint density at radius 2 is 2.00 bits per heavy atom. The van der Waals surface area contributed by atoms with Gasteiger partial charge in [-0.05, 0) is 43.2 Å². The van der Waals surface area contributed by atoms with Crippen molar-refractivity contribution < 1.29 is 18.0 Å². The molecule has 0 saturated heterocycles. The van der Waals surface area contributed by atoms with Crippen molar-refractivity contribution in [3.63, 3.8) is 0 Å². The van der Waals surface area contributed by atoms with Gasteiger partial charge in [0.05, 0.1) is 10.4 Å². The molecule has 0 unspecified atom stereocenters. The SMILES string of the molecule is CCc1sc(C(=O)Nc2cccc(C(F)(F)F)c2)cc1C. The lowest BCUT2D eigenvalue weighted by Crippen LogP contribution is -2.11. The molecule has 0 bridgehead atoms. The van der Waals surface area contributed by atoms with E-state index < -0.39 is 11.7 Å². The van der Waals surface area contributed by atoms with Crippen molar-refractivity contribution in [3.05, 3.63) is 51.2 Å². The highest BCUT2D eigenvalue weighted by Crippen LogP contribution is 2.31. The Labute approximate surface area is 124 Å². The molecule has 2 nitrogen and oxygen atoms in total. The van der Waals surface area contributed by atoms with Crippen LogP contribution in [0.2, 0.25) is 0 Å². The van der Waals surface area contributed by atoms with Gasteiger partial charge in [-0.3, -0.25) is 4.79 Å². The van der Waals surface area contributed by atoms with Gasteiger partial charge in [0.1, 0.15) is 0 Å². The first-order valence-electron chi connectivity index (χ1n) is 6.39. The van der Waals surface area contributed by atoms with E-state index in [1.807, 2.05) is 13.8 Å². The highest BCUT2D eigenvalue weighted by atomic mass is 32.1. The molecule has 1 heterocycles. The lowest BCUT2D eigenvalue weighted by molar-refractivity contribution is -0.137. The molecule has 2 rings (SSSR count). The van der Waals surface area contributed by atoms with Crippen molar-refractivity contribution in [2.45, 2.75) is 26.4 Å². The van der Waals surface area contributed by atoms with Gasteiger partial charge < -0.3 is 5.32 Å². The molecule has 0 radical (unpaired) electrons. The minimum atomic E-state index is -4.42. The zero-order valence-corrected chi connectivity index (χ0v) is 12.4. The number of amides is 1. The molecule has 0 atom stereocenters. The molecule has 1 aromatic carbocycles. The first-order chi connectivity index (χ1) is 9.81. The molecular formula is C15H14F3NOS. The Morgan fingerprint density at radius 3 is 2.57 bits per heavy atom. The maximum Gasteiger partial charge on any atom is 0.416 e. The maximum absolute atomic E-state index is 12.6. The second-order valence-corrected chi connectivity index (χ2v) is 5.74. The van der Waals surface area contributed by atoms with Crippen LogP contribution in [0.1, 0.15) is 32.6 Å². The normalized spacial score (nSPS) is 11.5. The molecule has 0 aliphatic rings. The number of nitrogens with one attached hydrogen (secondary N) is 1. The Kier molecular flexibility index (Phi) is 4.37. The van der Waals surface area contributed by atoms with E-state index in [2.05, 4.69) is 5.32 Å². The number of halogens is 3. The standard InChI is InChI=1S/C15H14F3NOS/c1-3-12-9(2)7-13(21-12)14(20)19-11-6-4-5-10(8-11)15(16,17)18/h4-8H,3H2,1-2H3,(H,19,20). The third-order valence-electron chi connectivity index (χ3n) is 3.01. The fraction of sp³-hybridized carbons (Fsp3) is 0.267. The highest BCUT2D eigenvalue weighted by molar-refractivity contribution is 7.14. The number of anilines is 1. The van der Waals surface area contributed by atoms with Gasteiger partial charge in [0.2, 0.25) is 0 Å². The largest absolute Gasteiger partial charge is 0.416 e. The van der Waals surface area contributed by atoms with E-state index in [1.165, 1.54) is 23.5 Å². The molecule has 1 amide bonds.